The molecule has 1 fully saturated rings. The van der Waals surface area contributed by atoms with Gasteiger partial charge in [0.15, 0.2) is 0 Å². The predicted molar refractivity (Wildman–Crippen MR) is 117 cm³/mol. The van der Waals surface area contributed by atoms with E-state index in [4.69, 9.17) is 14.0 Å². The van der Waals surface area contributed by atoms with Crippen LogP contribution in [0.4, 0.5) is 16.2 Å². The molecule has 1 saturated heterocycles. The van der Waals surface area contributed by atoms with E-state index in [0.717, 1.165) is 5.46 Å². The molecule has 30 heavy (non-hydrogen) atoms. The summed E-state index contributed by atoms with van der Waals surface area (Å²) in [5.41, 5.74) is 1.54. The Hall–Kier alpha value is -2.84. The molecule has 0 aromatic heterocycles. The fourth-order valence-electron chi connectivity index (χ4n) is 2.93. The van der Waals surface area contributed by atoms with Crippen molar-refractivity contribution in [2.45, 2.75) is 45.8 Å². The maximum Gasteiger partial charge on any atom is 0.494 e. The number of benzene rings is 2. The highest BCUT2D eigenvalue weighted by molar-refractivity contribution is 6.62. The summed E-state index contributed by atoms with van der Waals surface area (Å²) in [5, 5.41) is 5.48. The Bertz CT molecular complexity index is 911. The summed E-state index contributed by atoms with van der Waals surface area (Å²) < 4.78 is 17.1. The monoisotopic (exact) mass is 410 g/mol. The van der Waals surface area contributed by atoms with Crippen LogP contribution in [0.5, 0.6) is 0 Å². The lowest BCUT2D eigenvalue weighted by atomic mass is 9.79. The Kier molecular flexibility index (Phi) is 6.19. The van der Waals surface area contributed by atoms with Gasteiger partial charge in [-0.05, 0) is 70.4 Å². The average Bonchev–Trinajstić information content (AvgIpc) is 2.90. The standard InChI is InChI=1S/C22H27BN2O5/c1-6-28-19(26)15-8-7-9-18(14-15)25-20(27)24-17-12-10-16(11-13-17)23-29-21(2,3)22(4,5)30-23/h7-14H,6H2,1-5H3,(H2,24,25,27). The number of carbonyl (C=O) groups is 2. The minimum atomic E-state index is -0.455. The van der Waals surface area contributed by atoms with Crippen LogP contribution in [-0.4, -0.2) is 36.9 Å². The predicted octanol–water partition coefficient (Wildman–Crippen LogP) is 3.81. The Labute approximate surface area is 177 Å². The van der Waals surface area contributed by atoms with Gasteiger partial charge in [-0.15, -0.1) is 0 Å². The van der Waals surface area contributed by atoms with Gasteiger partial charge in [-0.1, -0.05) is 18.2 Å². The van der Waals surface area contributed by atoms with Gasteiger partial charge in [0, 0.05) is 11.4 Å². The third-order valence-electron chi connectivity index (χ3n) is 5.33. The Morgan fingerprint density at radius 1 is 0.933 bits per heavy atom. The lowest BCUT2D eigenvalue weighted by Gasteiger charge is -2.32. The normalized spacial score (nSPS) is 16.8. The third-order valence-corrected chi connectivity index (χ3v) is 5.33. The molecular formula is C22H27BN2O5. The van der Waals surface area contributed by atoms with E-state index >= 15 is 0 Å². The SMILES string of the molecule is CCOC(=O)c1cccc(NC(=O)Nc2ccc(B3OC(C)(C)C(C)(C)O3)cc2)c1. The van der Waals surface area contributed by atoms with Gasteiger partial charge in [0.25, 0.3) is 0 Å². The summed E-state index contributed by atoms with van der Waals surface area (Å²) in [6.45, 7) is 10.0. The van der Waals surface area contributed by atoms with E-state index < -0.39 is 30.3 Å². The molecule has 1 heterocycles. The molecule has 1 aliphatic rings. The minimum Gasteiger partial charge on any atom is -0.462 e. The zero-order valence-electron chi connectivity index (χ0n) is 17.9. The summed E-state index contributed by atoms with van der Waals surface area (Å²) in [7, 11) is -0.455. The summed E-state index contributed by atoms with van der Waals surface area (Å²) >= 11 is 0. The van der Waals surface area contributed by atoms with Crippen LogP contribution in [0, 0.1) is 0 Å². The van der Waals surface area contributed by atoms with Crippen molar-refractivity contribution in [3.8, 4) is 0 Å². The number of urea groups is 1. The molecule has 0 radical (unpaired) electrons. The first kappa shape index (κ1) is 21.9. The minimum absolute atomic E-state index is 0.291. The highest BCUT2D eigenvalue weighted by Gasteiger charge is 2.51. The first-order chi connectivity index (χ1) is 14.1. The number of esters is 1. The van der Waals surface area contributed by atoms with Crippen molar-refractivity contribution in [2.24, 2.45) is 0 Å². The zero-order chi connectivity index (χ0) is 21.9. The Balaban J connectivity index is 1.60. The van der Waals surface area contributed by atoms with Crippen LogP contribution < -0.4 is 16.1 Å². The van der Waals surface area contributed by atoms with E-state index in [2.05, 4.69) is 10.6 Å². The molecule has 2 N–H and O–H groups in total. The molecule has 0 aliphatic carbocycles. The number of hydrogen-bond donors (Lipinski definition) is 2. The molecule has 0 spiro atoms. The van der Waals surface area contributed by atoms with Crippen LogP contribution in [0.2, 0.25) is 0 Å². The van der Waals surface area contributed by atoms with Crippen molar-refractivity contribution in [3.05, 3.63) is 54.1 Å². The number of ether oxygens (including phenoxy) is 1. The summed E-state index contributed by atoms with van der Waals surface area (Å²) in [4.78, 5) is 24.1. The molecule has 2 aromatic rings. The summed E-state index contributed by atoms with van der Waals surface area (Å²) in [6, 6.07) is 13.5. The highest BCUT2D eigenvalue weighted by Crippen LogP contribution is 2.36. The maximum atomic E-state index is 12.3. The topological polar surface area (TPSA) is 85.9 Å². The molecule has 2 amide bonds. The van der Waals surface area contributed by atoms with Gasteiger partial charge in [0.1, 0.15) is 0 Å². The van der Waals surface area contributed by atoms with Gasteiger partial charge in [-0.2, -0.15) is 0 Å². The molecule has 0 atom stereocenters. The molecule has 2 aromatic carbocycles. The first-order valence-corrected chi connectivity index (χ1v) is 9.92. The summed E-state index contributed by atoms with van der Waals surface area (Å²) in [5.74, 6) is -0.431. The molecular weight excluding hydrogens is 383 g/mol. The highest BCUT2D eigenvalue weighted by atomic mass is 16.7. The van der Waals surface area contributed by atoms with Crippen molar-refractivity contribution in [2.75, 3.05) is 17.2 Å². The van der Waals surface area contributed by atoms with Gasteiger partial charge in [-0.25, -0.2) is 9.59 Å². The number of rotatable bonds is 5. The molecule has 0 unspecified atom stereocenters. The molecule has 0 bridgehead atoms. The zero-order valence-corrected chi connectivity index (χ0v) is 17.9. The van der Waals surface area contributed by atoms with Crippen molar-refractivity contribution < 1.29 is 23.6 Å². The van der Waals surface area contributed by atoms with E-state index in [9.17, 15) is 9.59 Å². The van der Waals surface area contributed by atoms with Crippen LogP contribution in [0.25, 0.3) is 0 Å². The van der Waals surface area contributed by atoms with E-state index in [-0.39, 0.29) is 0 Å². The second-order valence-electron chi connectivity index (χ2n) is 8.09. The van der Waals surface area contributed by atoms with Crippen molar-refractivity contribution in [1.82, 2.24) is 0 Å². The second kappa shape index (κ2) is 8.49. The van der Waals surface area contributed by atoms with Crippen LogP contribution in [0.1, 0.15) is 45.0 Å². The third kappa shape index (κ3) is 4.83. The molecule has 158 valence electrons. The van der Waals surface area contributed by atoms with Crippen LogP contribution >= 0.6 is 0 Å². The maximum absolute atomic E-state index is 12.3. The van der Waals surface area contributed by atoms with Crippen molar-refractivity contribution in [1.29, 1.82) is 0 Å². The molecule has 8 heteroatoms. The van der Waals surface area contributed by atoms with Crippen LogP contribution in [0.15, 0.2) is 48.5 Å². The van der Waals surface area contributed by atoms with E-state index in [1.54, 1.807) is 43.3 Å². The molecule has 3 rings (SSSR count). The molecule has 1 aliphatic heterocycles. The van der Waals surface area contributed by atoms with E-state index in [1.165, 1.54) is 0 Å². The fraction of sp³-hybridized carbons (Fsp3) is 0.364. The van der Waals surface area contributed by atoms with E-state index in [0.29, 0.717) is 23.5 Å². The number of carbonyl (C=O) groups excluding carboxylic acids is 2. The number of nitrogens with one attached hydrogen (secondary N) is 2. The van der Waals surface area contributed by atoms with Crippen molar-refractivity contribution >= 4 is 36.0 Å². The Morgan fingerprint density at radius 3 is 2.13 bits per heavy atom. The summed E-state index contributed by atoms with van der Waals surface area (Å²) in [6.07, 6.45) is 0. The van der Waals surface area contributed by atoms with Gasteiger partial charge < -0.3 is 24.7 Å². The van der Waals surface area contributed by atoms with Gasteiger partial charge >= 0.3 is 19.1 Å². The molecule has 0 saturated carbocycles. The number of hydrogen-bond acceptors (Lipinski definition) is 5. The lowest BCUT2D eigenvalue weighted by molar-refractivity contribution is 0.00578. The quantitative estimate of drug-likeness (QED) is 0.579. The smallest absolute Gasteiger partial charge is 0.462 e. The second-order valence-corrected chi connectivity index (χ2v) is 8.09. The number of anilines is 2. The number of amides is 2. The van der Waals surface area contributed by atoms with Gasteiger partial charge in [-0.3, -0.25) is 0 Å². The average molecular weight is 410 g/mol. The van der Waals surface area contributed by atoms with Crippen LogP contribution in [0.3, 0.4) is 0 Å². The van der Waals surface area contributed by atoms with Gasteiger partial charge in [0.2, 0.25) is 0 Å². The lowest BCUT2D eigenvalue weighted by Crippen LogP contribution is -2.41. The fourth-order valence-corrected chi connectivity index (χ4v) is 2.93. The Morgan fingerprint density at radius 2 is 1.53 bits per heavy atom. The van der Waals surface area contributed by atoms with E-state index in [1.807, 2.05) is 39.8 Å². The van der Waals surface area contributed by atoms with Gasteiger partial charge in [0.05, 0.1) is 23.4 Å². The first-order valence-electron chi connectivity index (χ1n) is 9.92. The molecule has 7 nitrogen and oxygen atoms in total. The largest absolute Gasteiger partial charge is 0.494 e. The van der Waals surface area contributed by atoms with Crippen molar-refractivity contribution in [3.63, 3.8) is 0 Å². The van der Waals surface area contributed by atoms with Crippen LogP contribution in [-0.2, 0) is 14.0 Å².